The highest BCUT2D eigenvalue weighted by Gasteiger charge is 2.19. The van der Waals surface area contributed by atoms with Gasteiger partial charge in [-0.3, -0.25) is 14.2 Å². The monoisotopic (exact) mass is 286 g/mol. The minimum atomic E-state index is -0.795. The van der Waals surface area contributed by atoms with Crippen LogP contribution in [0.25, 0.3) is 11.8 Å². The molecule has 0 spiro atoms. The molecule has 0 saturated carbocycles. The predicted octanol–water partition coefficient (Wildman–Crippen LogP) is 2.34. The molecule has 0 atom stereocenters. The van der Waals surface area contributed by atoms with E-state index < -0.39 is 17.3 Å². The van der Waals surface area contributed by atoms with Crippen molar-refractivity contribution in [1.29, 1.82) is 0 Å². The lowest BCUT2D eigenvalue weighted by Gasteiger charge is -2.17. The van der Waals surface area contributed by atoms with Gasteiger partial charge in [0.2, 0.25) is 0 Å². The Morgan fingerprint density at radius 2 is 1.86 bits per heavy atom. The fourth-order valence-corrected chi connectivity index (χ4v) is 2.44. The maximum Gasteiger partial charge on any atom is 0.268 e. The van der Waals surface area contributed by atoms with Crippen molar-refractivity contribution < 1.29 is 9.18 Å². The van der Waals surface area contributed by atoms with Crippen LogP contribution in [0, 0.1) is 19.7 Å². The Balaban J connectivity index is 2.92. The number of pyridine rings is 1. The molecule has 0 aliphatic carbocycles. The Morgan fingerprint density at radius 1 is 1.29 bits per heavy atom. The minimum Gasteiger partial charge on any atom is -0.365 e. The van der Waals surface area contributed by atoms with Crippen molar-refractivity contribution in [3.63, 3.8) is 0 Å². The molecule has 4 nitrogen and oxygen atoms in total. The summed E-state index contributed by atoms with van der Waals surface area (Å²) in [6.45, 7) is 7.09. The molecular weight excluding hydrogens is 271 g/mol. The van der Waals surface area contributed by atoms with E-state index in [0.29, 0.717) is 22.5 Å². The average molecular weight is 286 g/mol. The standard InChI is InChI=1S/C16H15FN2O2/c1-4-13-9(2)14(15(18)20)16(21)19(10(13)3)12-7-5-11(17)6-8-12/h4-8H,1H2,2-3H3,(H2,18,20). The second-order valence-electron chi connectivity index (χ2n) is 4.68. The third kappa shape index (κ3) is 2.38. The molecule has 0 saturated heterocycles. The van der Waals surface area contributed by atoms with Crippen molar-refractivity contribution in [2.45, 2.75) is 13.8 Å². The van der Waals surface area contributed by atoms with Crippen molar-refractivity contribution in [3.8, 4) is 5.69 Å². The maximum atomic E-state index is 13.0. The van der Waals surface area contributed by atoms with E-state index in [-0.39, 0.29) is 5.56 Å². The molecule has 2 rings (SSSR count). The van der Waals surface area contributed by atoms with E-state index in [1.54, 1.807) is 19.9 Å². The van der Waals surface area contributed by atoms with Gasteiger partial charge in [-0.2, -0.15) is 0 Å². The minimum absolute atomic E-state index is 0.0835. The van der Waals surface area contributed by atoms with Crippen molar-refractivity contribution in [1.82, 2.24) is 4.57 Å². The van der Waals surface area contributed by atoms with Crippen LogP contribution < -0.4 is 11.3 Å². The van der Waals surface area contributed by atoms with Crippen molar-refractivity contribution in [3.05, 3.63) is 69.4 Å². The Labute approximate surface area is 121 Å². The van der Waals surface area contributed by atoms with Gasteiger partial charge in [0.15, 0.2) is 0 Å². The van der Waals surface area contributed by atoms with E-state index in [1.165, 1.54) is 28.8 Å². The van der Waals surface area contributed by atoms with Crippen molar-refractivity contribution in [2.24, 2.45) is 5.73 Å². The van der Waals surface area contributed by atoms with Gasteiger partial charge < -0.3 is 5.73 Å². The number of primary amides is 1. The first-order valence-electron chi connectivity index (χ1n) is 6.33. The molecule has 1 amide bonds. The second-order valence-corrected chi connectivity index (χ2v) is 4.68. The topological polar surface area (TPSA) is 65.1 Å². The third-order valence-electron chi connectivity index (χ3n) is 3.46. The predicted molar refractivity (Wildman–Crippen MR) is 80.1 cm³/mol. The van der Waals surface area contributed by atoms with Crippen LogP contribution in [0.15, 0.2) is 35.6 Å². The largest absolute Gasteiger partial charge is 0.365 e. The summed E-state index contributed by atoms with van der Waals surface area (Å²) in [6, 6.07) is 5.44. The zero-order valence-corrected chi connectivity index (χ0v) is 11.8. The van der Waals surface area contributed by atoms with E-state index in [9.17, 15) is 14.0 Å². The molecule has 2 aromatic rings. The van der Waals surface area contributed by atoms with E-state index >= 15 is 0 Å². The number of nitrogens with zero attached hydrogens (tertiary/aromatic N) is 1. The summed E-state index contributed by atoms with van der Waals surface area (Å²) >= 11 is 0. The molecule has 0 unspecified atom stereocenters. The number of aromatic nitrogens is 1. The van der Waals surface area contributed by atoms with Gasteiger partial charge in [0, 0.05) is 11.4 Å². The molecule has 1 heterocycles. The summed E-state index contributed by atoms with van der Waals surface area (Å²) in [7, 11) is 0. The first-order chi connectivity index (χ1) is 9.88. The Kier molecular flexibility index (Phi) is 3.76. The van der Waals surface area contributed by atoms with Crippen LogP contribution in [-0.2, 0) is 0 Å². The maximum absolute atomic E-state index is 13.0. The van der Waals surface area contributed by atoms with Crippen LogP contribution in [0.3, 0.4) is 0 Å². The molecule has 0 aliphatic heterocycles. The fourth-order valence-electron chi connectivity index (χ4n) is 2.44. The summed E-state index contributed by atoms with van der Waals surface area (Å²) in [4.78, 5) is 24.1. The zero-order valence-electron chi connectivity index (χ0n) is 11.8. The Bertz CT molecular complexity index is 789. The lowest BCUT2D eigenvalue weighted by atomic mass is 10.0. The molecule has 21 heavy (non-hydrogen) atoms. The number of hydrogen-bond acceptors (Lipinski definition) is 2. The molecule has 0 bridgehead atoms. The number of carbonyl (C=O) groups excluding carboxylic acids is 1. The smallest absolute Gasteiger partial charge is 0.268 e. The highest BCUT2D eigenvalue weighted by atomic mass is 19.1. The highest BCUT2D eigenvalue weighted by Crippen LogP contribution is 2.19. The summed E-state index contributed by atoms with van der Waals surface area (Å²) in [5.41, 5.74) is 6.95. The van der Waals surface area contributed by atoms with Gasteiger partial charge in [0.1, 0.15) is 11.4 Å². The fraction of sp³-hybridized carbons (Fsp3) is 0.125. The van der Waals surface area contributed by atoms with Gasteiger partial charge in [0.05, 0.1) is 0 Å². The van der Waals surface area contributed by atoms with Crippen LogP contribution in [0.4, 0.5) is 4.39 Å². The number of carbonyl (C=O) groups is 1. The van der Waals surface area contributed by atoms with Gasteiger partial charge in [0.25, 0.3) is 11.5 Å². The first-order valence-corrected chi connectivity index (χ1v) is 6.33. The van der Waals surface area contributed by atoms with Crippen LogP contribution in [-0.4, -0.2) is 10.5 Å². The number of amides is 1. The van der Waals surface area contributed by atoms with Gasteiger partial charge in [-0.25, -0.2) is 4.39 Å². The summed E-state index contributed by atoms with van der Waals surface area (Å²) in [5.74, 6) is -1.20. The average Bonchev–Trinajstić information content (AvgIpc) is 2.41. The van der Waals surface area contributed by atoms with E-state index in [2.05, 4.69) is 6.58 Å². The molecule has 0 radical (unpaired) electrons. The summed E-state index contributed by atoms with van der Waals surface area (Å²) in [5, 5.41) is 0. The molecule has 2 N–H and O–H groups in total. The Morgan fingerprint density at radius 3 is 2.33 bits per heavy atom. The quantitative estimate of drug-likeness (QED) is 0.941. The van der Waals surface area contributed by atoms with Crippen LogP contribution >= 0.6 is 0 Å². The summed E-state index contributed by atoms with van der Waals surface area (Å²) < 4.78 is 14.4. The number of halogens is 1. The molecule has 1 aromatic carbocycles. The Hall–Kier alpha value is -2.69. The lowest BCUT2D eigenvalue weighted by molar-refractivity contribution is 0.0998. The van der Waals surface area contributed by atoms with Crippen LogP contribution in [0.1, 0.15) is 27.2 Å². The van der Waals surface area contributed by atoms with E-state index in [4.69, 9.17) is 5.73 Å². The normalized spacial score (nSPS) is 10.4. The van der Waals surface area contributed by atoms with E-state index in [1.807, 2.05) is 0 Å². The third-order valence-corrected chi connectivity index (χ3v) is 3.46. The molecule has 0 fully saturated rings. The second kappa shape index (κ2) is 5.36. The van der Waals surface area contributed by atoms with Gasteiger partial charge >= 0.3 is 0 Å². The lowest BCUT2D eigenvalue weighted by Crippen LogP contribution is -2.32. The van der Waals surface area contributed by atoms with Crippen molar-refractivity contribution in [2.75, 3.05) is 0 Å². The molecule has 108 valence electrons. The molecule has 1 aromatic heterocycles. The number of nitrogens with two attached hydrogens (primary N) is 1. The van der Waals surface area contributed by atoms with Gasteiger partial charge in [-0.15, -0.1) is 0 Å². The number of hydrogen-bond donors (Lipinski definition) is 1. The molecule has 0 aliphatic rings. The molecular formula is C16H15FN2O2. The van der Waals surface area contributed by atoms with Crippen molar-refractivity contribution >= 4 is 12.0 Å². The summed E-state index contributed by atoms with van der Waals surface area (Å²) in [6.07, 6.45) is 1.57. The molecule has 5 heteroatoms. The van der Waals surface area contributed by atoms with Gasteiger partial charge in [-0.05, 0) is 49.2 Å². The van der Waals surface area contributed by atoms with Gasteiger partial charge in [-0.1, -0.05) is 12.7 Å². The highest BCUT2D eigenvalue weighted by molar-refractivity contribution is 5.95. The first kappa shape index (κ1) is 14.7. The van der Waals surface area contributed by atoms with E-state index in [0.717, 1.165) is 0 Å². The number of rotatable bonds is 3. The zero-order chi connectivity index (χ0) is 15.7. The van der Waals surface area contributed by atoms with Crippen LogP contribution in [0.5, 0.6) is 0 Å². The SMILES string of the molecule is C=Cc1c(C)c(C(N)=O)c(=O)n(-c2ccc(F)cc2)c1C. The van der Waals surface area contributed by atoms with Crippen LogP contribution in [0.2, 0.25) is 0 Å². The number of benzene rings is 1.